The summed E-state index contributed by atoms with van der Waals surface area (Å²) in [5, 5.41) is 6.86. The normalized spacial score (nSPS) is 17.2. The van der Waals surface area contributed by atoms with Crippen molar-refractivity contribution in [1.29, 1.82) is 0 Å². The Morgan fingerprint density at radius 1 is 1.22 bits per heavy atom. The number of methoxy groups -OCH3 is 1. The lowest BCUT2D eigenvalue weighted by Crippen LogP contribution is -2.49. The van der Waals surface area contributed by atoms with Crippen molar-refractivity contribution in [2.24, 2.45) is 4.99 Å². The molecule has 1 fully saturated rings. The third-order valence-electron chi connectivity index (χ3n) is 3.88. The van der Waals surface area contributed by atoms with E-state index in [0.717, 1.165) is 25.6 Å². The zero-order valence-electron chi connectivity index (χ0n) is 15.1. The molecule has 0 aromatic heterocycles. The second-order valence-electron chi connectivity index (χ2n) is 5.91. The van der Waals surface area contributed by atoms with Gasteiger partial charge in [-0.3, -0.25) is 4.99 Å². The van der Waals surface area contributed by atoms with Gasteiger partial charge in [-0.05, 0) is 33.6 Å². The van der Waals surface area contributed by atoms with Crippen molar-refractivity contribution in [2.45, 2.75) is 45.7 Å². The van der Waals surface area contributed by atoms with Crippen molar-refractivity contribution in [2.75, 3.05) is 53.1 Å². The largest absolute Gasteiger partial charge is 0.382 e. The number of piperidine rings is 1. The molecule has 0 radical (unpaired) electrons. The number of likely N-dealkylation sites (tertiary alicyclic amines) is 1. The summed E-state index contributed by atoms with van der Waals surface area (Å²) in [6.07, 6.45) is 2.35. The molecule has 1 heterocycles. The van der Waals surface area contributed by atoms with E-state index in [1.165, 1.54) is 12.8 Å². The first-order chi connectivity index (χ1) is 10.7. The van der Waals surface area contributed by atoms with Gasteiger partial charge in [0, 0.05) is 38.8 Å². The van der Waals surface area contributed by atoms with Crippen LogP contribution in [-0.2, 0) is 9.47 Å². The fourth-order valence-corrected chi connectivity index (χ4v) is 2.54. The van der Waals surface area contributed by atoms with E-state index in [-0.39, 0.29) is 24.0 Å². The number of ether oxygens (including phenoxy) is 2. The molecular weight excluding hydrogens is 407 g/mol. The molecule has 0 bridgehead atoms. The molecule has 1 aliphatic rings. The summed E-state index contributed by atoms with van der Waals surface area (Å²) in [6.45, 7) is 12.4. The maximum absolute atomic E-state index is 5.44. The van der Waals surface area contributed by atoms with E-state index in [0.29, 0.717) is 38.4 Å². The van der Waals surface area contributed by atoms with Crippen LogP contribution in [-0.4, -0.2) is 76.1 Å². The van der Waals surface area contributed by atoms with Crippen molar-refractivity contribution < 1.29 is 9.47 Å². The van der Waals surface area contributed by atoms with E-state index in [4.69, 9.17) is 9.47 Å². The van der Waals surface area contributed by atoms with Crippen molar-refractivity contribution >= 4 is 29.9 Å². The van der Waals surface area contributed by atoms with Crippen LogP contribution in [0.3, 0.4) is 0 Å². The molecule has 0 spiro atoms. The molecule has 1 rings (SSSR count). The Kier molecular flexibility index (Phi) is 14.2. The first-order valence-corrected chi connectivity index (χ1v) is 8.53. The molecule has 2 N–H and O–H groups in total. The number of guanidine groups is 1. The van der Waals surface area contributed by atoms with E-state index in [2.05, 4.69) is 41.3 Å². The van der Waals surface area contributed by atoms with Crippen LogP contribution in [0.4, 0.5) is 0 Å². The lowest BCUT2D eigenvalue weighted by atomic mass is 10.0. The summed E-state index contributed by atoms with van der Waals surface area (Å²) in [5.74, 6) is 0.904. The predicted molar refractivity (Wildman–Crippen MR) is 107 cm³/mol. The Hall–Kier alpha value is -0.120. The maximum atomic E-state index is 5.44. The molecule has 138 valence electrons. The second kappa shape index (κ2) is 14.2. The zero-order valence-corrected chi connectivity index (χ0v) is 17.5. The molecule has 0 unspecified atom stereocenters. The van der Waals surface area contributed by atoms with Gasteiger partial charge in [0.15, 0.2) is 5.96 Å². The topological polar surface area (TPSA) is 58.1 Å². The van der Waals surface area contributed by atoms with E-state index in [1.807, 2.05) is 0 Å². The van der Waals surface area contributed by atoms with E-state index in [1.54, 1.807) is 7.11 Å². The highest BCUT2D eigenvalue weighted by Gasteiger charge is 2.21. The molecule has 0 aromatic carbocycles. The second-order valence-corrected chi connectivity index (χ2v) is 5.91. The van der Waals surface area contributed by atoms with Crippen LogP contribution in [0.15, 0.2) is 4.99 Å². The molecule has 0 aliphatic carbocycles. The molecule has 0 aromatic rings. The third kappa shape index (κ3) is 10.4. The fourth-order valence-electron chi connectivity index (χ4n) is 2.54. The van der Waals surface area contributed by atoms with Crippen molar-refractivity contribution in [3.05, 3.63) is 0 Å². The summed E-state index contributed by atoms with van der Waals surface area (Å²) in [6, 6.07) is 1.16. The average molecular weight is 442 g/mol. The summed E-state index contributed by atoms with van der Waals surface area (Å²) >= 11 is 0. The number of halogens is 1. The Labute approximate surface area is 158 Å². The number of rotatable bonds is 9. The number of nitrogens with one attached hydrogen (secondary N) is 2. The van der Waals surface area contributed by atoms with Crippen molar-refractivity contribution in [3.63, 3.8) is 0 Å². The maximum Gasteiger partial charge on any atom is 0.191 e. The molecule has 6 nitrogen and oxygen atoms in total. The summed E-state index contributed by atoms with van der Waals surface area (Å²) in [7, 11) is 1.68. The Bertz CT molecular complexity index is 308. The van der Waals surface area contributed by atoms with Crippen LogP contribution in [0.2, 0.25) is 0 Å². The van der Waals surface area contributed by atoms with Gasteiger partial charge in [0.25, 0.3) is 0 Å². The van der Waals surface area contributed by atoms with Crippen LogP contribution in [0, 0.1) is 0 Å². The SMILES string of the molecule is CCNC(=NCCOCCOC)NC1CCN(C(C)C)CC1.I. The molecule has 0 saturated carbocycles. The molecular formula is C16H35IN4O2. The van der Waals surface area contributed by atoms with Crippen LogP contribution < -0.4 is 10.6 Å². The molecule has 23 heavy (non-hydrogen) atoms. The predicted octanol–water partition coefficient (Wildman–Crippen LogP) is 1.70. The van der Waals surface area contributed by atoms with Crippen LogP contribution in [0.5, 0.6) is 0 Å². The molecule has 1 aliphatic heterocycles. The van der Waals surface area contributed by atoms with Crippen molar-refractivity contribution in [3.8, 4) is 0 Å². The molecule has 0 atom stereocenters. The van der Waals surface area contributed by atoms with Gasteiger partial charge in [0.1, 0.15) is 0 Å². The number of hydrogen-bond acceptors (Lipinski definition) is 4. The summed E-state index contributed by atoms with van der Waals surface area (Å²) < 4.78 is 10.4. The highest BCUT2D eigenvalue weighted by molar-refractivity contribution is 14.0. The lowest BCUT2D eigenvalue weighted by Gasteiger charge is -2.35. The van der Waals surface area contributed by atoms with Gasteiger partial charge in [0.05, 0.1) is 26.4 Å². The highest BCUT2D eigenvalue weighted by atomic mass is 127. The van der Waals surface area contributed by atoms with Gasteiger partial charge >= 0.3 is 0 Å². The minimum Gasteiger partial charge on any atom is -0.382 e. The number of nitrogens with zero attached hydrogens (tertiary/aromatic N) is 2. The Morgan fingerprint density at radius 2 is 1.91 bits per heavy atom. The monoisotopic (exact) mass is 442 g/mol. The lowest BCUT2D eigenvalue weighted by molar-refractivity contribution is 0.0748. The highest BCUT2D eigenvalue weighted by Crippen LogP contribution is 2.12. The minimum atomic E-state index is 0. The van der Waals surface area contributed by atoms with Gasteiger partial charge in [-0.2, -0.15) is 0 Å². The van der Waals surface area contributed by atoms with Gasteiger partial charge in [0.2, 0.25) is 0 Å². The Balaban J connectivity index is 0.00000484. The first-order valence-electron chi connectivity index (χ1n) is 8.53. The van der Waals surface area contributed by atoms with Gasteiger partial charge in [-0.25, -0.2) is 0 Å². The zero-order chi connectivity index (χ0) is 16.2. The summed E-state index contributed by atoms with van der Waals surface area (Å²) in [4.78, 5) is 7.11. The Morgan fingerprint density at radius 3 is 2.48 bits per heavy atom. The first kappa shape index (κ1) is 22.9. The van der Waals surface area contributed by atoms with Gasteiger partial charge in [-0.1, -0.05) is 0 Å². The number of hydrogen-bond donors (Lipinski definition) is 2. The number of aliphatic imine (C=N–C) groups is 1. The van der Waals surface area contributed by atoms with Crippen LogP contribution in [0.25, 0.3) is 0 Å². The standard InChI is InChI=1S/C16H34N4O2.HI/c1-5-17-16(18-8-11-22-13-12-21-4)19-15-6-9-20(10-7-15)14(2)3;/h14-15H,5-13H2,1-4H3,(H2,17,18,19);1H. The smallest absolute Gasteiger partial charge is 0.191 e. The van der Waals surface area contributed by atoms with E-state index >= 15 is 0 Å². The molecule has 0 amide bonds. The quantitative estimate of drug-likeness (QED) is 0.247. The van der Waals surface area contributed by atoms with Crippen molar-refractivity contribution in [1.82, 2.24) is 15.5 Å². The van der Waals surface area contributed by atoms with E-state index < -0.39 is 0 Å². The molecule has 7 heteroatoms. The van der Waals surface area contributed by atoms with Gasteiger partial charge in [-0.15, -0.1) is 24.0 Å². The fraction of sp³-hybridized carbons (Fsp3) is 0.938. The minimum absolute atomic E-state index is 0. The van der Waals surface area contributed by atoms with E-state index in [9.17, 15) is 0 Å². The van der Waals surface area contributed by atoms with Gasteiger partial charge < -0.3 is 25.0 Å². The third-order valence-corrected chi connectivity index (χ3v) is 3.88. The average Bonchev–Trinajstić information content (AvgIpc) is 2.51. The van der Waals surface area contributed by atoms with Crippen LogP contribution >= 0.6 is 24.0 Å². The molecule has 1 saturated heterocycles. The van der Waals surface area contributed by atoms with Crippen LogP contribution in [0.1, 0.15) is 33.6 Å². The summed E-state index contributed by atoms with van der Waals surface area (Å²) in [5.41, 5.74) is 0.